The molecule has 0 aromatic rings. The van der Waals surface area contributed by atoms with E-state index in [4.69, 9.17) is 5.11 Å². The van der Waals surface area contributed by atoms with Crippen molar-refractivity contribution < 1.29 is 14.7 Å². The van der Waals surface area contributed by atoms with E-state index in [0.29, 0.717) is 6.54 Å². The molecular weight excluding hydrogens is 250 g/mol. The highest BCUT2D eigenvalue weighted by Gasteiger charge is 2.31. The fourth-order valence-electron chi connectivity index (χ4n) is 2.91. The molecule has 3 unspecified atom stereocenters. The van der Waals surface area contributed by atoms with Crippen molar-refractivity contribution in [1.82, 2.24) is 5.32 Å². The first kappa shape index (κ1) is 13.7. The van der Waals surface area contributed by atoms with Gasteiger partial charge in [0.2, 0.25) is 5.91 Å². The van der Waals surface area contributed by atoms with E-state index in [-0.39, 0.29) is 23.0 Å². The van der Waals surface area contributed by atoms with E-state index in [0.717, 1.165) is 44.3 Å². The average molecular weight is 271 g/mol. The highest BCUT2D eigenvalue weighted by molar-refractivity contribution is 8.00. The third-order valence-electron chi connectivity index (χ3n) is 3.99. The number of carboxylic acids is 1. The van der Waals surface area contributed by atoms with Crippen LogP contribution in [0.25, 0.3) is 0 Å². The van der Waals surface area contributed by atoms with Crippen LogP contribution in [0.15, 0.2) is 0 Å². The van der Waals surface area contributed by atoms with Crippen LogP contribution in [0.4, 0.5) is 0 Å². The standard InChI is InChI=1S/C13H21NO3S/c15-12(11-6-3-7-18-11)14-8-9-4-1-2-5-10(9)13(16)17/h9-11H,1-8H2,(H,14,15)(H,16,17). The van der Waals surface area contributed by atoms with E-state index in [2.05, 4.69) is 5.32 Å². The molecule has 2 aliphatic rings. The molecule has 0 bridgehead atoms. The molecule has 1 saturated heterocycles. The Morgan fingerprint density at radius 3 is 2.61 bits per heavy atom. The number of thioether (sulfide) groups is 1. The largest absolute Gasteiger partial charge is 0.481 e. The maximum Gasteiger partial charge on any atom is 0.306 e. The molecule has 1 amide bonds. The van der Waals surface area contributed by atoms with Crippen LogP contribution in [0.5, 0.6) is 0 Å². The highest BCUT2D eigenvalue weighted by atomic mass is 32.2. The van der Waals surface area contributed by atoms with Crippen molar-refractivity contribution in [3.63, 3.8) is 0 Å². The van der Waals surface area contributed by atoms with E-state index in [9.17, 15) is 9.59 Å². The molecule has 1 heterocycles. The van der Waals surface area contributed by atoms with Crippen molar-refractivity contribution in [1.29, 1.82) is 0 Å². The molecule has 1 aliphatic carbocycles. The fourth-order valence-corrected chi connectivity index (χ4v) is 4.09. The zero-order valence-electron chi connectivity index (χ0n) is 10.6. The van der Waals surface area contributed by atoms with Gasteiger partial charge in [-0.3, -0.25) is 9.59 Å². The Labute approximate surface area is 112 Å². The lowest BCUT2D eigenvalue weighted by Crippen LogP contribution is -2.39. The van der Waals surface area contributed by atoms with Crippen LogP contribution in [-0.4, -0.2) is 34.5 Å². The first-order valence-corrected chi connectivity index (χ1v) is 7.85. The molecule has 0 radical (unpaired) electrons. The molecule has 2 N–H and O–H groups in total. The first-order chi connectivity index (χ1) is 8.68. The van der Waals surface area contributed by atoms with Gasteiger partial charge in [-0.25, -0.2) is 0 Å². The minimum atomic E-state index is -0.704. The molecule has 5 heteroatoms. The maximum atomic E-state index is 11.9. The van der Waals surface area contributed by atoms with E-state index in [1.54, 1.807) is 11.8 Å². The molecule has 2 fully saturated rings. The lowest BCUT2D eigenvalue weighted by Gasteiger charge is -2.28. The summed E-state index contributed by atoms with van der Waals surface area (Å²) in [5, 5.41) is 12.2. The highest BCUT2D eigenvalue weighted by Crippen LogP contribution is 2.30. The Morgan fingerprint density at radius 2 is 1.94 bits per heavy atom. The number of carbonyl (C=O) groups is 2. The molecular formula is C13H21NO3S. The van der Waals surface area contributed by atoms with Gasteiger partial charge in [-0.1, -0.05) is 12.8 Å². The second kappa shape index (κ2) is 6.45. The molecule has 1 aliphatic heterocycles. The van der Waals surface area contributed by atoms with Gasteiger partial charge >= 0.3 is 5.97 Å². The quantitative estimate of drug-likeness (QED) is 0.819. The third-order valence-corrected chi connectivity index (χ3v) is 5.36. The Hall–Kier alpha value is -0.710. The van der Waals surface area contributed by atoms with Gasteiger partial charge in [-0.2, -0.15) is 0 Å². The predicted molar refractivity (Wildman–Crippen MR) is 71.6 cm³/mol. The maximum absolute atomic E-state index is 11.9. The van der Waals surface area contributed by atoms with E-state index >= 15 is 0 Å². The number of carboxylic acid groups (broad SMARTS) is 1. The zero-order chi connectivity index (χ0) is 13.0. The van der Waals surface area contributed by atoms with E-state index < -0.39 is 5.97 Å². The number of nitrogens with one attached hydrogen (secondary N) is 1. The Bertz CT molecular complexity index is 315. The van der Waals surface area contributed by atoms with Crippen molar-refractivity contribution in [2.45, 2.75) is 43.8 Å². The zero-order valence-corrected chi connectivity index (χ0v) is 11.4. The van der Waals surface area contributed by atoms with Crippen LogP contribution >= 0.6 is 11.8 Å². The topological polar surface area (TPSA) is 66.4 Å². The van der Waals surface area contributed by atoms with Gasteiger partial charge in [-0.15, -0.1) is 11.8 Å². The Morgan fingerprint density at radius 1 is 1.17 bits per heavy atom. The van der Waals surface area contributed by atoms with Gasteiger partial charge in [-0.05, 0) is 37.4 Å². The summed E-state index contributed by atoms with van der Waals surface area (Å²) >= 11 is 1.72. The number of amides is 1. The van der Waals surface area contributed by atoms with Crippen LogP contribution in [0.3, 0.4) is 0 Å². The SMILES string of the molecule is O=C(NCC1CCCCC1C(=O)O)C1CCCS1. The van der Waals surface area contributed by atoms with Crippen LogP contribution in [0.1, 0.15) is 38.5 Å². The third kappa shape index (κ3) is 3.40. The van der Waals surface area contributed by atoms with Gasteiger partial charge < -0.3 is 10.4 Å². The second-order valence-corrected chi connectivity index (χ2v) is 6.55. The summed E-state index contributed by atoms with van der Waals surface area (Å²) in [6.45, 7) is 0.535. The van der Waals surface area contributed by atoms with Gasteiger partial charge in [0, 0.05) is 6.54 Å². The van der Waals surface area contributed by atoms with Crippen LogP contribution in [-0.2, 0) is 9.59 Å². The molecule has 0 spiro atoms. The average Bonchev–Trinajstić information content (AvgIpc) is 2.90. The first-order valence-electron chi connectivity index (χ1n) is 6.80. The summed E-state index contributed by atoms with van der Waals surface area (Å²) in [6, 6.07) is 0. The molecule has 2 rings (SSSR count). The van der Waals surface area contributed by atoms with Crippen molar-refractivity contribution in [2.24, 2.45) is 11.8 Å². The Kier molecular flexibility index (Phi) is 4.92. The smallest absolute Gasteiger partial charge is 0.306 e. The molecule has 102 valence electrons. The van der Waals surface area contributed by atoms with E-state index in [1.165, 1.54) is 0 Å². The summed E-state index contributed by atoms with van der Waals surface area (Å²) in [5.41, 5.74) is 0. The fraction of sp³-hybridized carbons (Fsp3) is 0.846. The van der Waals surface area contributed by atoms with Crippen molar-refractivity contribution >= 4 is 23.6 Å². The second-order valence-electron chi connectivity index (χ2n) is 5.24. The number of hydrogen-bond acceptors (Lipinski definition) is 3. The molecule has 3 atom stereocenters. The number of hydrogen-bond donors (Lipinski definition) is 2. The number of rotatable bonds is 4. The Balaban J connectivity index is 1.80. The van der Waals surface area contributed by atoms with Crippen LogP contribution < -0.4 is 5.32 Å². The molecule has 18 heavy (non-hydrogen) atoms. The molecule has 0 aromatic carbocycles. The number of carbonyl (C=O) groups excluding carboxylic acids is 1. The summed E-state index contributed by atoms with van der Waals surface area (Å²) in [7, 11) is 0. The van der Waals surface area contributed by atoms with Crippen LogP contribution in [0, 0.1) is 11.8 Å². The molecule has 4 nitrogen and oxygen atoms in total. The lowest BCUT2D eigenvalue weighted by molar-refractivity contribution is -0.145. The number of aliphatic carboxylic acids is 1. The lowest BCUT2D eigenvalue weighted by atomic mass is 9.79. The van der Waals surface area contributed by atoms with Gasteiger partial charge in [0.1, 0.15) is 0 Å². The normalized spacial score (nSPS) is 32.1. The minimum absolute atomic E-state index is 0.0943. The minimum Gasteiger partial charge on any atom is -0.481 e. The van der Waals surface area contributed by atoms with E-state index in [1.807, 2.05) is 0 Å². The molecule has 1 saturated carbocycles. The van der Waals surface area contributed by atoms with Gasteiger partial charge in [0.25, 0.3) is 0 Å². The summed E-state index contributed by atoms with van der Waals surface area (Å²) < 4.78 is 0. The summed E-state index contributed by atoms with van der Waals surface area (Å²) in [4.78, 5) is 23.0. The van der Waals surface area contributed by atoms with Crippen LogP contribution in [0.2, 0.25) is 0 Å². The molecule has 0 aromatic heterocycles. The monoisotopic (exact) mass is 271 g/mol. The van der Waals surface area contributed by atoms with Gasteiger partial charge in [0.05, 0.1) is 11.2 Å². The predicted octanol–water partition coefficient (Wildman–Crippen LogP) is 1.89. The van der Waals surface area contributed by atoms with Crippen molar-refractivity contribution in [3.05, 3.63) is 0 Å². The summed E-state index contributed by atoms with van der Waals surface area (Å²) in [5.74, 6) is 0.317. The van der Waals surface area contributed by atoms with Crippen molar-refractivity contribution in [3.8, 4) is 0 Å². The summed E-state index contributed by atoms with van der Waals surface area (Å²) in [6.07, 6.45) is 5.85. The van der Waals surface area contributed by atoms with Crippen molar-refractivity contribution in [2.75, 3.05) is 12.3 Å². The van der Waals surface area contributed by atoms with Gasteiger partial charge in [0.15, 0.2) is 0 Å².